The zero-order chi connectivity index (χ0) is 11.1. The Hall–Kier alpha value is -1.03. The number of amides is 2. The topological polar surface area (TPSA) is 41.1 Å². The van der Waals surface area contributed by atoms with Gasteiger partial charge in [0.25, 0.3) is 0 Å². The van der Waals surface area contributed by atoms with Gasteiger partial charge in [0, 0.05) is 17.6 Å². The van der Waals surface area contributed by atoms with Gasteiger partial charge < -0.3 is 10.6 Å². The molecule has 0 heterocycles. The lowest BCUT2D eigenvalue weighted by atomic mass is 10.2. The summed E-state index contributed by atoms with van der Waals surface area (Å²) in [5, 5.41) is 5.55. The number of hydrogen-bond donors (Lipinski definition) is 2. The van der Waals surface area contributed by atoms with Crippen LogP contribution in [-0.4, -0.2) is 12.6 Å². The molecule has 1 aromatic rings. The molecule has 2 amide bonds. The zero-order valence-corrected chi connectivity index (χ0v) is 10.3. The minimum atomic E-state index is -0.118. The molecule has 0 saturated heterocycles. The van der Waals surface area contributed by atoms with Gasteiger partial charge in [0.2, 0.25) is 0 Å². The molecule has 0 fully saturated rings. The highest BCUT2D eigenvalue weighted by Gasteiger charge is 2.01. The van der Waals surface area contributed by atoms with Crippen molar-refractivity contribution in [2.75, 3.05) is 6.54 Å². The van der Waals surface area contributed by atoms with Crippen LogP contribution in [0, 0.1) is 0 Å². The lowest BCUT2D eigenvalue weighted by molar-refractivity contribution is 0.240. The van der Waals surface area contributed by atoms with E-state index in [-0.39, 0.29) is 6.03 Å². The molecule has 4 heteroatoms. The predicted octanol–water partition coefficient (Wildman–Crippen LogP) is 2.66. The molecule has 3 nitrogen and oxygen atoms in total. The first-order chi connectivity index (χ1) is 7.24. The summed E-state index contributed by atoms with van der Waals surface area (Å²) in [4.78, 5) is 11.2. The first-order valence-electron chi connectivity index (χ1n) is 4.99. The van der Waals surface area contributed by atoms with Crippen LogP contribution in [0.3, 0.4) is 0 Å². The minimum Gasteiger partial charge on any atom is -0.338 e. The number of halogens is 1. The molecule has 0 spiro atoms. The fourth-order valence-corrected chi connectivity index (χ4v) is 1.54. The molecule has 0 aliphatic carbocycles. The number of rotatable bonds is 4. The SMILES string of the molecule is CCCNC(=O)NCc1ccccc1Br. The molecule has 2 N–H and O–H groups in total. The molecule has 0 saturated carbocycles. The van der Waals surface area contributed by atoms with Crippen molar-refractivity contribution in [3.63, 3.8) is 0 Å². The second kappa shape index (κ2) is 6.45. The van der Waals surface area contributed by atoms with Gasteiger partial charge in [0.05, 0.1) is 0 Å². The van der Waals surface area contributed by atoms with Crippen LogP contribution in [0.15, 0.2) is 28.7 Å². The van der Waals surface area contributed by atoms with Crippen molar-refractivity contribution in [3.05, 3.63) is 34.3 Å². The molecule has 82 valence electrons. The summed E-state index contributed by atoms with van der Waals surface area (Å²) in [7, 11) is 0. The van der Waals surface area contributed by atoms with E-state index in [2.05, 4.69) is 26.6 Å². The lowest BCUT2D eigenvalue weighted by Gasteiger charge is -2.07. The van der Waals surface area contributed by atoms with Gasteiger partial charge in [-0.15, -0.1) is 0 Å². The van der Waals surface area contributed by atoms with E-state index >= 15 is 0 Å². The summed E-state index contributed by atoms with van der Waals surface area (Å²) in [5.74, 6) is 0. The first kappa shape index (κ1) is 12.0. The van der Waals surface area contributed by atoms with Crippen LogP contribution in [0.1, 0.15) is 18.9 Å². The molecule has 0 bridgehead atoms. The largest absolute Gasteiger partial charge is 0.338 e. The van der Waals surface area contributed by atoms with E-state index in [1.807, 2.05) is 31.2 Å². The summed E-state index contributed by atoms with van der Waals surface area (Å²) in [6, 6.07) is 7.72. The van der Waals surface area contributed by atoms with Gasteiger partial charge in [-0.2, -0.15) is 0 Å². The highest BCUT2D eigenvalue weighted by molar-refractivity contribution is 9.10. The number of nitrogens with one attached hydrogen (secondary N) is 2. The third-order valence-corrected chi connectivity index (χ3v) is 2.71. The van der Waals surface area contributed by atoms with Gasteiger partial charge in [-0.05, 0) is 18.1 Å². The Labute approximate surface area is 98.4 Å². The van der Waals surface area contributed by atoms with Crippen molar-refractivity contribution in [2.45, 2.75) is 19.9 Å². The van der Waals surface area contributed by atoms with E-state index in [1.54, 1.807) is 0 Å². The lowest BCUT2D eigenvalue weighted by Crippen LogP contribution is -2.35. The molecule has 1 rings (SSSR count). The first-order valence-corrected chi connectivity index (χ1v) is 5.78. The van der Waals surface area contributed by atoms with Gasteiger partial charge >= 0.3 is 6.03 Å². The average molecular weight is 271 g/mol. The molecule has 0 aliphatic heterocycles. The number of urea groups is 1. The molecular formula is C11H15BrN2O. The van der Waals surface area contributed by atoms with Crippen molar-refractivity contribution in [1.82, 2.24) is 10.6 Å². The second-order valence-corrected chi connectivity index (χ2v) is 4.06. The van der Waals surface area contributed by atoms with E-state index in [0.29, 0.717) is 13.1 Å². The van der Waals surface area contributed by atoms with Crippen LogP contribution < -0.4 is 10.6 Å². The molecule has 1 aromatic carbocycles. The fraction of sp³-hybridized carbons (Fsp3) is 0.364. The van der Waals surface area contributed by atoms with E-state index < -0.39 is 0 Å². The van der Waals surface area contributed by atoms with E-state index in [4.69, 9.17) is 0 Å². The zero-order valence-electron chi connectivity index (χ0n) is 8.72. The van der Waals surface area contributed by atoms with E-state index in [0.717, 1.165) is 16.5 Å². The van der Waals surface area contributed by atoms with Gasteiger partial charge in [-0.25, -0.2) is 4.79 Å². The maximum Gasteiger partial charge on any atom is 0.315 e. The number of carbonyl (C=O) groups excluding carboxylic acids is 1. The summed E-state index contributed by atoms with van der Waals surface area (Å²) < 4.78 is 1.01. The summed E-state index contributed by atoms with van der Waals surface area (Å²) in [6.45, 7) is 3.27. The predicted molar refractivity (Wildman–Crippen MR) is 64.7 cm³/mol. The van der Waals surface area contributed by atoms with Crippen LogP contribution in [0.5, 0.6) is 0 Å². The Morgan fingerprint density at radius 3 is 2.73 bits per heavy atom. The van der Waals surface area contributed by atoms with Crippen LogP contribution in [0.2, 0.25) is 0 Å². The Kier molecular flexibility index (Phi) is 5.18. The van der Waals surface area contributed by atoms with Crippen molar-refractivity contribution < 1.29 is 4.79 Å². The monoisotopic (exact) mass is 270 g/mol. The van der Waals surface area contributed by atoms with Gasteiger partial charge in [0.1, 0.15) is 0 Å². The smallest absolute Gasteiger partial charge is 0.315 e. The molecule has 0 atom stereocenters. The fourth-order valence-electron chi connectivity index (χ4n) is 1.12. The maximum absolute atomic E-state index is 11.2. The van der Waals surface area contributed by atoms with Crippen LogP contribution in [0.4, 0.5) is 4.79 Å². The molecular weight excluding hydrogens is 256 g/mol. The van der Waals surface area contributed by atoms with Gasteiger partial charge in [0.15, 0.2) is 0 Å². The normalized spacial score (nSPS) is 9.73. The van der Waals surface area contributed by atoms with E-state index in [1.165, 1.54) is 0 Å². The summed E-state index contributed by atoms with van der Waals surface area (Å²) in [5.41, 5.74) is 1.07. The number of carbonyl (C=O) groups is 1. The van der Waals surface area contributed by atoms with Crippen LogP contribution in [-0.2, 0) is 6.54 Å². The average Bonchev–Trinajstić information content (AvgIpc) is 2.25. The molecule has 0 aliphatic rings. The van der Waals surface area contributed by atoms with E-state index in [9.17, 15) is 4.79 Å². The molecule has 0 aromatic heterocycles. The Balaban J connectivity index is 2.37. The third kappa shape index (κ3) is 4.34. The standard InChI is InChI=1S/C11H15BrN2O/c1-2-7-13-11(15)14-8-9-5-3-4-6-10(9)12/h3-6H,2,7-8H2,1H3,(H2,13,14,15). The highest BCUT2D eigenvalue weighted by Crippen LogP contribution is 2.14. The van der Waals surface area contributed by atoms with Gasteiger partial charge in [-0.1, -0.05) is 41.1 Å². The van der Waals surface area contributed by atoms with Crippen molar-refractivity contribution in [1.29, 1.82) is 0 Å². The Bertz CT molecular complexity index is 328. The minimum absolute atomic E-state index is 0.118. The summed E-state index contributed by atoms with van der Waals surface area (Å²) in [6.07, 6.45) is 0.947. The number of benzene rings is 1. The highest BCUT2D eigenvalue weighted by atomic mass is 79.9. The number of hydrogen-bond acceptors (Lipinski definition) is 1. The van der Waals surface area contributed by atoms with Crippen molar-refractivity contribution in [2.24, 2.45) is 0 Å². The Morgan fingerprint density at radius 1 is 1.33 bits per heavy atom. The maximum atomic E-state index is 11.2. The second-order valence-electron chi connectivity index (χ2n) is 3.20. The quantitative estimate of drug-likeness (QED) is 0.868. The molecule has 15 heavy (non-hydrogen) atoms. The third-order valence-electron chi connectivity index (χ3n) is 1.93. The van der Waals surface area contributed by atoms with Crippen molar-refractivity contribution >= 4 is 22.0 Å². The van der Waals surface area contributed by atoms with Crippen molar-refractivity contribution in [3.8, 4) is 0 Å². The summed E-state index contributed by atoms with van der Waals surface area (Å²) >= 11 is 3.43. The van der Waals surface area contributed by atoms with Crippen LogP contribution in [0.25, 0.3) is 0 Å². The van der Waals surface area contributed by atoms with Gasteiger partial charge in [-0.3, -0.25) is 0 Å². The molecule has 0 unspecified atom stereocenters. The molecule has 0 radical (unpaired) electrons. The van der Waals surface area contributed by atoms with Crippen LogP contribution >= 0.6 is 15.9 Å². The Morgan fingerprint density at radius 2 is 2.07 bits per heavy atom.